The van der Waals surface area contributed by atoms with Crippen LogP contribution in [0, 0.1) is 0 Å². The highest BCUT2D eigenvalue weighted by molar-refractivity contribution is 6.06. The van der Waals surface area contributed by atoms with E-state index in [4.69, 9.17) is 5.73 Å². The Kier molecular flexibility index (Phi) is 0.986. The maximum Gasteiger partial charge on any atom is 0.254 e. The van der Waals surface area contributed by atoms with Crippen molar-refractivity contribution < 1.29 is 4.79 Å². The quantitative estimate of drug-likeness (QED) is 0.447. The molecule has 4 nitrogen and oxygen atoms in total. The molecule has 0 aromatic carbocycles. The lowest BCUT2D eigenvalue weighted by molar-refractivity contribution is -0.122. The Bertz CT molecular complexity index is 183. The lowest BCUT2D eigenvalue weighted by Gasteiger charge is -2.07. The van der Waals surface area contributed by atoms with Crippen LogP contribution in [0.4, 0.5) is 0 Å². The van der Waals surface area contributed by atoms with Crippen LogP contribution < -0.4 is 11.1 Å². The Balaban J connectivity index is 2.89. The molecule has 4 heteroatoms. The molecule has 0 aromatic heterocycles. The molecule has 1 heterocycles. The van der Waals surface area contributed by atoms with E-state index in [-0.39, 0.29) is 11.9 Å². The first kappa shape index (κ1) is 6.07. The summed E-state index contributed by atoms with van der Waals surface area (Å²) in [6.45, 7) is 3.42. The first-order valence-corrected chi connectivity index (χ1v) is 2.69. The van der Waals surface area contributed by atoms with Crippen LogP contribution in [-0.2, 0) is 4.79 Å². The number of carbonyl (C=O) groups is 1. The van der Waals surface area contributed by atoms with Crippen molar-refractivity contribution in [1.29, 1.82) is 0 Å². The molecule has 0 atom stereocenters. The summed E-state index contributed by atoms with van der Waals surface area (Å²) in [6, 6.07) is 0. The summed E-state index contributed by atoms with van der Waals surface area (Å²) in [4.78, 5) is 14.6. The minimum Gasteiger partial charge on any atom is -0.370 e. The number of nitrogens with zero attached hydrogens (tertiary/aromatic N) is 1. The highest BCUT2D eigenvalue weighted by Crippen LogP contribution is 2.11. The highest BCUT2D eigenvalue weighted by Gasteiger charge is 2.32. The molecule has 0 saturated carbocycles. The second-order valence-corrected chi connectivity index (χ2v) is 2.51. The number of rotatable bonds is 0. The van der Waals surface area contributed by atoms with E-state index in [2.05, 4.69) is 10.3 Å². The number of guanidine groups is 1. The number of hydrogen-bond donors (Lipinski definition) is 2. The number of nitrogens with one attached hydrogen (secondary N) is 1. The van der Waals surface area contributed by atoms with Crippen molar-refractivity contribution in [2.75, 3.05) is 0 Å². The fourth-order valence-electron chi connectivity index (χ4n) is 0.649. The van der Waals surface area contributed by atoms with Crippen molar-refractivity contribution in [2.24, 2.45) is 10.7 Å². The van der Waals surface area contributed by atoms with Gasteiger partial charge in [-0.1, -0.05) is 0 Å². The predicted octanol–water partition coefficient (Wildman–Crippen LogP) is -0.790. The third kappa shape index (κ3) is 0.872. The summed E-state index contributed by atoms with van der Waals surface area (Å²) in [5.41, 5.74) is 4.56. The first-order chi connectivity index (χ1) is 4.02. The molecule has 0 fully saturated rings. The second kappa shape index (κ2) is 1.46. The molecule has 50 valence electrons. The van der Waals surface area contributed by atoms with Crippen LogP contribution in [-0.4, -0.2) is 17.4 Å². The summed E-state index contributed by atoms with van der Waals surface area (Å²) in [7, 11) is 0. The van der Waals surface area contributed by atoms with Gasteiger partial charge in [0.05, 0.1) is 0 Å². The van der Waals surface area contributed by atoms with Crippen LogP contribution in [0.15, 0.2) is 4.99 Å². The highest BCUT2D eigenvalue weighted by atomic mass is 16.2. The van der Waals surface area contributed by atoms with E-state index < -0.39 is 5.54 Å². The molecular weight excluding hydrogens is 118 g/mol. The summed E-state index contributed by atoms with van der Waals surface area (Å²) < 4.78 is 0. The molecule has 1 amide bonds. The zero-order chi connectivity index (χ0) is 7.07. The first-order valence-electron chi connectivity index (χ1n) is 2.69. The fourth-order valence-corrected chi connectivity index (χ4v) is 0.649. The van der Waals surface area contributed by atoms with Gasteiger partial charge < -0.3 is 5.73 Å². The smallest absolute Gasteiger partial charge is 0.254 e. The Morgan fingerprint density at radius 2 is 2.22 bits per heavy atom. The Labute approximate surface area is 53.1 Å². The van der Waals surface area contributed by atoms with Crippen molar-refractivity contribution in [1.82, 2.24) is 5.32 Å². The summed E-state index contributed by atoms with van der Waals surface area (Å²) in [5.74, 6) is 0.0741. The van der Waals surface area contributed by atoms with Gasteiger partial charge in [-0.2, -0.15) is 0 Å². The number of hydrogen-bond acceptors (Lipinski definition) is 3. The SMILES string of the molecule is CC1(C)N=C(N)NC1=O. The molecule has 1 rings (SSSR count). The Morgan fingerprint density at radius 3 is 2.33 bits per heavy atom. The molecule has 9 heavy (non-hydrogen) atoms. The standard InChI is InChI=1S/C5H9N3O/c1-5(2)3(9)7-4(6)8-5/h1-2H3,(H3,6,7,8,9). The average molecular weight is 127 g/mol. The van der Waals surface area contributed by atoms with Gasteiger partial charge in [0.15, 0.2) is 5.96 Å². The van der Waals surface area contributed by atoms with Crippen LogP contribution in [0.5, 0.6) is 0 Å². The van der Waals surface area contributed by atoms with E-state index in [1.54, 1.807) is 13.8 Å². The zero-order valence-electron chi connectivity index (χ0n) is 5.43. The van der Waals surface area contributed by atoms with Gasteiger partial charge in [-0.05, 0) is 13.8 Å². The van der Waals surface area contributed by atoms with E-state index in [9.17, 15) is 4.79 Å². The van der Waals surface area contributed by atoms with Gasteiger partial charge in [-0.3, -0.25) is 10.1 Å². The average Bonchev–Trinajstić information content (AvgIpc) is 1.79. The van der Waals surface area contributed by atoms with Crippen LogP contribution in [0.25, 0.3) is 0 Å². The summed E-state index contributed by atoms with van der Waals surface area (Å²) >= 11 is 0. The molecule has 0 aromatic rings. The third-order valence-corrected chi connectivity index (χ3v) is 1.20. The summed E-state index contributed by atoms with van der Waals surface area (Å²) in [6.07, 6.45) is 0. The van der Waals surface area contributed by atoms with Crippen molar-refractivity contribution in [3.8, 4) is 0 Å². The van der Waals surface area contributed by atoms with Crippen LogP contribution in [0.3, 0.4) is 0 Å². The van der Waals surface area contributed by atoms with Crippen LogP contribution in [0.2, 0.25) is 0 Å². The third-order valence-electron chi connectivity index (χ3n) is 1.20. The topological polar surface area (TPSA) is 67.5 Å². The molecule has 0 saturated heterocycles. The Hall–Kier alpha value is -1.06. The van der Waals surface area contributed by atoms with E-state index in [0.717, 1.165) is 0 Å². The molecule has 0 spiro atoms. The van der Waals surface area contributed by atoms with Gasteiger partial charge >= 0.3 is 0 Å². The van der Waals surface area contributed by atoms with Gasteiger partial charge in [0, 0.05) is 0 Å². The van der Waals surface area contributed by atoms with Crippen molar-refractivity contribution in [3.63, 3.8) is 0 Å². The normalized spacial score (nSPS) is 23.3. The van der Waals surface area contributed by atoms with Crippen molar-refractivity contribution >= 4 is 11.9 Å². The number of carbonyl (C=O) groups excluding carboxylic acids is 1. The Morgan fingerprint density at radius 1 is 1.67 bits per heavy atom. The minimum atomic E-state index is -0.663. The van der Waals surface area contributed by atoms with Crippen LogP contribution in [0.1, 0.15) is 13.8 Å². The van der Waals surface area contributed by atoms with E-state index >= 15 is 0 Å². The molecule has 0 unspecified atom stereocenters. The molecule has 1 aliphatic rings. The molecule has 0 bridgehead atoms. The van der Waals surface area contributed by atoms with E-state index in [0.29, 0.717) is 0 Å². The molecule has 0 radical (unpaired) electrons. The van der Waals surface area contributed by atoms with E-state index in [1.165, 1.54) is 0 Å². The van der Waals surface area contributed by atoms with Crippen molar-refractivity contribution in [3.05, 3.63) is 0 Å². The maximum absolute atomic E-state index is 10.8. The molecular formula is C5H9N3O. The molecule has 3 N–H and O–H groups in total. The summed E-state index contributed by atoms with van der Waals surface area (Å²) in [5, 5.41) is 2.40. The second-order valence-electron chi connectivity index (χ2n) is 2.51. The number of aliphatic imine (C=N–C) groups is 1. The van der Waals surface area contributed by atoms with E-state index in [1.807, 2.05) is 0 Å². The molecule has 1 aliphatic heterocycles. The van der Waals surface area contributed by atoms with Gasteiger partial charge in [-0.15, -0.1) is 0 Å². The molecule has 0 aliphatic carbocycles. The number of nitrogens with two attached hydrogens (primary N) is 1. The zero-order valence-corrected chi connectivity index (χ0v) is 5.43. The predicted molar refractivity (Wildman–Crippen MR) is 33.8 cm³/mol. The van der Waals surface area contributed by atoms with Crippen LogP contribution >= 0.6 is 0 Å². The van der Waals surface area contributed by atoms with Gasteiger partial charge in [0.1, 0.15) is 5.54 Å². The monoisotopic (exact) mass is 127 g/mol. The lowest BCUT2D eigenvalue weighted by atomic mass is 10.1. The maximum atomic E-state index is 10.8. The van der Waals surface area contributed by atoms with Gasteiger partial charge in [0.25, 0.3) is 5.91 Å². The van der Waals surface area contributed by atoms with Crippen molar-refractivity contribution in [2.45, 2.75) is 19.4 Å². The lowest BCUT2D eigenvalue weighted by Crippen LogP contribution is -2.36. The largest absolute Gasteiger partial charge is 0.370 e. The minimum absolute atomic E-state index is 0.139. The van der Waals surface area contributed by atoms with Gasteiger partial charge in [-0.25, -0.2) is 4.99 Å². The van der Waals surface area contributed by atoms with Gasteiger partial charge in [0.2, 0.25) is 0 Å². The number of amides is 1. The fraction of sp³-hybridized carbons (Fsp3) is 0.600.